The summed E-state index contributed by atoms with van der Waals surface area (Å²) in [5, 5.41) is 7.53. The molecule has 2 aromatic rings. The third-order valence-corrected chi connectivity index (χ3v) is 3.39. The van der Waals surface area contributed by atoms with Gasteiger partial charge in [-0.05, 0) is 31.2 Å². The Hall–Kier alpha value is -1.75. The van der Waals surface area contributed by atoms with Gasteiger partial charge >= 0.3 is 0 Å². The smallest absolute Gasteiger partial charge is 0.138 e. The number of likely N-dealkylation sites (N-methyl/N-ethyl adjacent to an activating group) is 1. The second kappa shape index (κ2) is 7.14. The molecule has 0 aliphatic carbocycles. The van der Waals surface area contributed by atoms with Crippen LogP contribution in [0.2, 0.25) is 0 Å². The summed E-state index contributed by atoms with van der Waals surface area (Å²) < 4.78 is 15.3. The highest BCUT2D eigenvalue weighted by Crippen LogP contribution is 2.20. The van der Waals surface area contributed by atoms with E-state index in [4.69, 9.17) is 0 Å². The predicted molar refractivity (Wildman–Crippen MR) is 77.1 cm³/mol. The summed E-state index contributed by atoms with van der Waals surface area (Å²) in [6.45, 7) is 6.60. The van der Waals surface area contributed by atoms with Crippen LogP contribution in [0, 0.1) is 5.82 Å². The van der Waals surface area contributed by atoms with Gasteiger partial charge in [-0.2, -0.15) is 5.10 Å². The first-order valence-corrected chi connectivity index (χ1v) is 7.07. The van der Waals surface area contributed by atoms with Crippen molar-refractivity contribution in [3.63, 3.8) is 0 Å². The Bertz CT molecular complexity index is 538. The molecule has 1 aromatic carbocycles. The van der Waals surface area contributed by atoms with Crippen LogP contribution in [0.15, 0.2) is 30.6 Å². The van der Waals surface area contributed by atoms with Gasteiger partial charge in [0, 0.05) is 25.4 Å². The summed E-state index contributed by atoms with van der Waals surface area (Å²) >= 11 is 0. The lowest BCUT2D eigenvalue weighted by Crippen LogP contribution is -2.24. The van der Waals surface area contributed by atoms with E-state index in [1.807, 2.05) is 17.7 Å². The van der Waals surface area contributed by atoms with E-state index in [1.54, 1.807) is 18.5 Å². The van der Waals surface area contributed by atoms with E-state index in [-0.39, 0.29) is 11.7 Å². The Morgan fingerprint density at radius 3 is 2.90 bits per heavy atom. The number of halogens is 1. The van der Waals surface area contributed by atoms with Crippen LogP contribution in [-0.2, 0) is 13.0 Å². The van der Waals surface area contributed by atoms with Crippen LogP contribution in [0.5, 0.6) is 0 Å². The Labute approximate surface area is 119 Å². The largest absolute Gasteiger partial charge is 0.316 e. The maximum Gasteiger partial charge on any atom is 0.138 e. The quantitative estimate of drug-likeness (QED) is 0.844. The molecular formula is C15H21FN4. The zero-order valence-corrected chi connectivity index (χ0v) is 12.0. The summed E-state index contributed by atoms with van der Waals surface area (Å²) in [6, 6.07) is 6.81. The van der Waals surface area contributed by atoms with Crippen LogP contribution in [0.25, 0.3) is 0 Å². The first-order chi connectivity index (χ1) is 9.74. The molecule has 0 aliphatic heterocycles. The minimum atomic E-state index is -0.194. The van der Waals surface area contributed by atoms with E-state index in [1.165, 1.54) is 6.07 Å². The number of hydrogen-bond acceptors (Lipinski definition) is 3. The molecule has 0 spiro atoms. The van der Waals surface area contributed by atoms with Gasteiger partial charge in [0.25, 0.3) is 0 Å². The molecular weight excluding hydrogens is 255 g/mol. The Morgan fingerprint density at radius 1 is 1.35 bits per heavy atom. The second-order valence-electron chi connectivity index (χ2n) is 4.76. The van der Waals surface area contributed by atoms with Crippen molar-refractivity contribution in [2.24, 2.45) is 0 Å². The molecule has 0 aliphatic rings. The Kier molecular flexibility index (Phi) is 5.24. The second-order valence-corrected chi connectivity index (χ2v) is 4.76. The Morgan fingerprint density at radius 2 is 2.20 bits per heavy atom. The van der Waals surface area contributed by atoms with Crippen LogP contribution >= 0.6 is 0 Å². The van der Waals surface area contributed by atoms with Crippen LogP contribution in [0.1, 0.15) is 31.2 Å². The van der Waals surface area contributed by atoms with E-state index < -0.39 is 0 Å². The van der Waals surface area contributed by atoms with Crippen LogP contribution < -0.4 is 5.32 Å². The van der Waals surface area contributed by atoms with Crippen LogP contribution in [0.4, 0.5) is 4.39 Å². The first-order valence-electron chi connectivity index (χ1n) is 7.07. The molecule has 1 heterocycles. The van der Waals surface area contributed by atoms with Crippen molar-refractivity contribution in [2.45, 2.75) is 32.7 Å². The zero-order chi connectivity index (χ0) is 14.4. The van der Waals surface area contributed by atoms with Crippen molar-refractivity contribution >= 4 is 0 Å². The number of hydrogen-bond donors (Lipinski definition) is 1. The van der Waals surface area contributed by atoms with Crippen molar-refractivity contribution in [3.8, 4) is 0 Å². The lowest BCUT2D eigenvalue weighted by Gasteiger charge is -2.17. The molecule has 1 unspecified atom stereocenters. The number of aromatic nitrogens is 3. The summed E-state index contributed by atoms with van der Waals surface area (Å²) in [5.74, 6) is 0.945. The highest BCUT2D eigenvalue weighted by atomic mass is 19.1. The summed E-state index contributed by atoms with van der Waals surface area (Å²) in [5.41, 5.74) is 0.997. The minimum Gasteiger partial charge on any atom is -0.316 e. The van der Waals surface area contributed by atoms with E-state index in [0.29, 0.717) is 0 Å². The molecule has 1 N–H and O–H groups in total. The van der Waals surface area contributed by atoms with Crippen molar-refractivity contribution < 1.29 is 4.39 Å². The first kappa shape index (κ1) is 14.7. The predicted octanol–water partition coefficient (Wildman–Crippen LogP) is 2.37. The fourth-order valence-electron chi connectivity index (χ4n) is 2.32. The SMILES string of the molecule is CCNCC(Cc1ncnn1CC)c1cccc(F)c1. The highest BCUT2D eigenvalue weighted by Gasteiger charge is 2.16. The van der Waals surface area contributed by atoms with Crippen LogP contribution in [-0.4, -0.2) is 27.9 Å². The highest BCUT2D eigenvalue weighted by molar-refractivity contribution is 5.22. The van der Waals surface area contributed by atoms with Gasteiger partial charge in [-0.1, -0.05) is 19.1 Å². The molecule has 4 nitrogen and oxygen atoms in total. The molecule has 2 rings (SSSR count). The third kappa shape index (κ3) is 3.63. The number of aryl methyl sites for hydroxylation is 1. The van der Waals surface area contributed by atoms with E-state index in [2.05, 4.69) is 22.3 Å². The van der Waals surface area contributed by atoms with Crippen molar-refractivity contribution in [3.05, 3.63) is 47.8 Å². The van der Waals surface area contributed by atoms with E-state index in [9.17, 15) is 4.39 Å². The van der Waals surface area contributed by atoms with Crippen molar-refractivity contribution in [1.82, 2.24) is 20.1 Å². The molecule has 0 saturated heterocycles. The van der Waals surface area contributed by atoms with Gasteiger partial charge in [0.05, 0.1) is 0 Å². The molecule has 0 fully saturated rings. The molecule has 5 heteroatoms. The number of nitrogens with zero attached hydrogens (tertiary/aromatic N) is 3. The van der Waals surface area contributed by atoms with E-state index in [0.717, 1.165) is 37.4 Å². The molecule has 108 valence electrons. The summed E-state index contributed by atoms with van der Waals surface area (Å²) in [7, 11) is 0. The molecule has 20 heavy (non-hydrogen) atoms. The number of nitrogens with one attached hydrogen (secondary N) is 1. The lowest BCUT2D eigenvalue weighted by atomic mass is 9.95. The summed E-state index contributed by atoms with van der Waals surface area (Å²) in [4.78, 5) is 4.31. The maximum atomic E-state index is 13.4. The van der Waals surface area contributed by atoms with Gasteiger partial charge in [-0.3, -0.25) is 4.68 Å². The van der Waals surface area contributed by atoms with Crippen LogP contribution in [0.3, 0.4) is 0 Å². The van der Waals surface area contributed by atoms with Gasteiger partial charge in [-0.15, -0.1) is 0 Å². The monoisotopic (exact) mass is 276 g/mol. The molecule has 0 radical (unpaired) electrons. The molecule has 1 atom stereocenters. The lowest BCUT2D eigenvalue weighted by molar-refractivity contribution is 0.540. The van der Waals surface area contributed by atoms with Crippen molar-refractivity contribution in [2.75, 3.05) is 13.1 Å². The zero-order valence-electron chi connectivity index (χ0n) is 12.0. The van der Waals surface area contributed by atoms with Gasteiger partial charge in [0.2, 0.25) is 0 Å². The van der Waals surface area contributed by atoms with Gasteiger partial charge < -0.3 is 5.32 Å². The average molecular weight is 276 g/mol. The molecule has 1 aromatic heterocycles. The number of rotatable bonds is 7. The fourth-order valence-corrected chi connectivity index (χ4v) is 2.32. The van der Waals surface area contributed by atoms with E-state index >= 15 is 0 Å². The standard InChI is InChI=1S/C15H21FN4/c1-3-17-10-13(12-6-5-7-14(16)8-12)9-15-18-11-19-20(15)4-2/h5-8,11,13,17H,3-4,9-10H2,1-2H3. The van der Waals surface area contributed by atoms with Crippen molar-refractivity contribution in [1.29, 1.82) is 0 Å². The average Bonchev–Trinajstić information content (AvgIpc) is 2.90. The molecule has 0 bridgehead atoms. The van der Waals surface area contributed by atoms with Gasteiger partial charge in [-0.25, -0.2) is 9.37 Å². The Balaban J connectivity index is 2.19. The topological polar surface area (TPSA) is 42.7 Å². The third-order valence-electron chi connectivity index (χ3n) is 3.39. The number of benzene rings is 1. The van der Waals surface area contributed by atoms with Gasteiger partial charge in [0.1, 0.15) is 18.0 Å². The van der Waals surface area contributed by atoms with Gasteiger partial charge in [0.15, 0.2) is 0 Å². The summed E-state index contributed by atoms with van der Waals surface area (Å²) in [6.07, 6.45) is 2.33. The fraction of sp³-hybridized carbons (Fsp3) is 0.467. The maximum absolute atomic E-state index is 13.4. The molecule has 0 amide bonds. The normalized spacial score (nSPS) is 12.6. The minimum absolute atomic E-state index is 0.194. The molecule has 0 saturated carbocycles.